The largest absolute Gasteiger partial charge is 0.294 e. The van der Waals surface area contributed by atoms with Gasteiger partial charge in [-0.25, -0.2) is 5.01 Å². The second-order valence-electron chi connectivity index (χ2n) is 9.66. The van der Waals surface area contributed by atoms with E-state index in [1.165, 1.54) is 24.8 Å². The predicted octanol–water partition coefficient (Wildman–Crippen LogP) is 7.52. The van der Waals surface area contributed by atoms with Crippen molar-refractivity contribution in [2.75, 3.05) is 5.01 Å². The maximum atomic E-state index is 12.8. The van der Waals surface area contributed by atoms with Crippen molar-refractivity contribution in [1.29, 1.82) is 0 Å². The summed E-state index contributed by atoms with van der Waals surface area (Å²) in [6, 6.07) is 31.5. The Morgan fingerprint density at radius 1 is 0.795 bits per heavy atom. The molecule has 6 nitrogen and oxygen atoms in total. The molecule has 6 rings (SSSR count). The first kappa shape index (κ1) is 25.4. The van der Waals surface area contributed by atoms with Gasteiger partial charge in [0.2, 0.25) is 0 Å². The van der Waals surface area contributed by atoms with Gasteiger partial charge in [0.25, 0.3) is 5.69 Å². The maximum Gasteiger partial charge on any atom is 0.294 e. The number of Topliss-reactive ketones (excluding diaryl/α,β-unsaturated/α-hetero) is 1. The topological polar surface area (TPSA) is 75.8 Å². The smallest absolute Gasteiger partial charge is 0.292 e. The second-order valence-corrected chi connectivity index (χ2v) is 12.5. The van der Waals surface area contributed by atoms with Crippen molar-refractivity contribution in [3.05, 3.63) is 141 Å². The van der Waals surface area contributed by atoms with Crippen LogP contribution in [0.2, 0.25) is 0 Å². The van der Waals surface area contributed by atoms with Gasteiger partial charge in [-0.2, -0.15) is 5.10 Å². The number of nitro groups is 1. The van der Waals surface area contributed by atoms with Gasteiger partial charge in [-0.1, -0.05) is 108 Å². The number of benzene rings is 4. The molecule has 0 amide bonds. The third-order valence-corrected chi connectivity index (χ3v) is 10.7. The number of rotatable bonds is 5. The van der Waals surface area contributed by atoms with Crippen molar-refractivity contribution in [2.45, 2.75) is 29.7 Å². The Morgan fingerprint density at radius 2 is 1.31 bits per heavy atom. The summed E-state index contributed by atoms with van der Waals surface area (Å²) in [5.74, 6) is -0.178. The van der Waals surface area contributed by atoms with Crippen LogP contribution in [-0.4, -0.2) is 15.8 Å². The molecule has 0 unspecified atom stereocenters. The number of thioether (sulfide) groups is 2. The molecular formula is C31H25N3O3S2. The van der Waals surface area contributed by atoms with Crippen LogP contribution in [-0.2, 0) is 13.7 Å². The van der Waals surface area contributed by atoms with E-state index < -0.39 is 13.9 Å². The minimum Gasteiger partial charge on any atom is -0.292 e. The molecule has 194 valence electrons. The molecule has 0 N–H and O–H groups in total. The number of aryl methyl sites for hydroxylation is 2. The van der Waals surface area contributed by atoms with Crippen LogP contribution >= 0.6 is 23.5 Å². The van der Waals surface area contributed by atoms with Crippen LogP contribution in [0.3, 0.4) is 0 Å². The standard InChI is InChI=1S/C31H25N3O3S2/c1-20-12-4-6-14-23(20)30(24-15-7-5-13-21(24)2)25-16-8-9-17-26(25)31(39-30)33(32-29(38-31)22(3)35)27-18-10-11-19-28(27)34(36)37/h4-19H,1-3H3/t31-/m0/s1. The molecule has 4 aromatic rings. The maximum absolute atomic E-state index is 12.8. The number of nitro benzene ring substituents is 1. The van der Waals surface area contributed by atoms with E-state index in [1.807, 2.05) is 24.3 Å². The van der Waals surface area contributed by atoms with Crippen LogP contribution < -0.4 is 5.01 Å². The zero-order valence-corrected chi connectivity index (χ0v) is 23.3. The Morgan fingerprint density at radius 3 is 1.87 bits per heavy atom. The first-order chi connectivity index (χ1) is 18.8. The van der Waals surface area contributed by atoms with Crippen LogP contribution in [0.1, 0.15) is 40.3 Å². The van der Waals surface area contributed by atoms with Crippen LogP contribution in [0.5, 0.6) is 0 Å². The summed E-state index contributed by atoms with van der Waals surface area (Å²) >= 11 is 3.04. The molecule has 0 saturated carbocycles. The summed E-state index contributed by atoms with van der Waals surface area (Å²) in [6.07, 6.45) is 0. The highest BCUT2D eigenvalue weighted by Crippen LogP contribution is 2.71. The molecule has 1 atom stereocenters. The molecule has 4 aromatic carbocycles. The van der Waals surface area contributed by atoms with Crippen LogP contribution in [0.25, 0.3) is 0 Å². The molecular weight excluding hydrogens is 526 g/mol. The number of ketones is 1. The number of hydrogen-bond acceptors (Lipinski definition) is 7. The van der Waals surface area contributed by atoms with Gasteiger partial charge in [-0.05, 0) is 47.7 Å². The van der Waals surface area contributed by atoms with Crippen LogP contribution in [0, 0.1) is 24.0 Å². The number of fused-ring (bicyclic) bond motifs is 2. The fourth-order valence-electron chi connectivity index (χ4n) is 5.60. The summed E-state index contributed by atoms with van der Waals surface area (Å²) in [6.45, 7) is 5.72. The lowest BCUT2D eigenvalue weighted by molar-refractivity contribution is -0.384. The summed E-state index contributed by atoms with van der Waals surface area (Å²) < 4.78 is -1.63. The summed E-state index contributed by atoms with van der Waals surface area (Å²) in [5.41, 5.74) is 6.86. The van der Waals surface area contributed by atoms with E-state index in [9.17, 15) is 14.9 Å². The van der Waals surface area contributed by atoms with Crippen molar-refractivity contribution in [2.24, 2.45) is 5.10 Å². The van der Waals surface area contributed by atoms with Gasteiger partial charge in [0.05, 0.1) is 9.67 Å². The molecule has 0 fully saturated rings. The molecule has 2 aliphatic heterocycles. The summed E-state index contributed by atoms with van der Waals surface area (Å²) in [7, 11) is 0. The molecule has 0 radical (unpaired) electrons. The van der Waals surface area contributed by atoms with Crippen molar-refractivity contribution < 1.29 is 9.72 Å². The van der Waals surface area contributed by atoms with Crippen molar-refractivity contribution >= 4 is 45.7 Å². The van der Waals surface area contributed by atoms with E-state index in [0.717, 1.165) is 33.4 Å². The molecule has 39 heavy (non-hydrogen) atoms. The first-order valence-corrected chi connectivity index (χ1v) is 14.2. The minimum absolute atomic E-state index is 0.0617. The Balaban J connectivity index is 1.71. The minimum atomic E-state index is -0.964. The van der Waals surface area contributed by atoms with Gasteiger partial charge in [0.15, 0.2) is 15.0 Å². The van der Waals surface area contributed by atoms with Gasteiger partial charge < -0.3 is 0 Å². The molecule has 0 saturated heterocycles. The third-order valence-electron chi connectivity index (χ3n) is 7.30. The van der Waals surface area contributed by atoms with Gasteiger partial charge in [-0.3, -0.25) is 14.9 Å². The van der Waals surface area contributed by atoms with E-state index in [2.05, 4.69) is 62.4 Å². The quantitative estimate of drug-likeness (QED) is 0.189. The van der Waals surface area contributed by atoms with Crippen LogP contribution in [0.15, 0.2) is 102 Å². The number of anilines is 1. The molecule has 8 heteroatoms. The number of carbonyl (C=O) groups is 1. The molecule has 2 aliphatic rings. The van der Waals surface area contributed by atoms with Gasteiger partial charge >= 0.3 is 0 Å². The highest BCUT2D eigenvalue weighted by atomic mass is 32.2. The van der Waals surface area contributed by atoms with E-state index in [4.69, 9.17) is 5.10 Å². The normalized spacial score (nSPS) is 19.2. The Labute approximate surface area is 235 Å². The average Bonchev–Trinajstić information content (AvgIpc) is 3.46. The number of para-hydroxylation sites is 2. The monoisotopic (exact) mass is 551 g/mol. The van der Waals surface area contributed by atoms with Crippen molar-refractivity contribution in [3.8, 4) is 0 Å². The van der Waals surface area contributed by atoms with Gasteiger partial charge in [-0.15, -0.1) is 0 Å². The average molecular weight is 552 g/mol. The van der Waals surface area contributed by atoms with E-state index in [-0.39, 0.29) is 11.5 Å². The lowest BCUT2D eigenvalue weighted by Gasteiger charge is -2.38. The van der Waals surface area contributed by atoms with E-state index >= 15 is 0 Å². The molecule has 2 heterocycles. The van der Waals surface area contributed by atoms with Gasteiger partial charge in [0, 0.05) is 18.6 Å². The number of hydrazone groups is 1. The predicted molar refractivity (Wildman–Crippen MR) is 159 cm³/mol. The lowest BCUT2D eigenvalue weighted by atomic mass is 9.79. The first-order valence-electron chi connectivity index (χ1n) is 12.5. The SMILES string of the molecule is CC(=O)C1=NN(c2ccccc2[N+](=O)[O-])[C@@]2(S1)SC(c1ccccc1C)(c1ccccc1C)c1ccccc12. The number of hydrogen-bond donors (Lipinski definition) is 0. The van der Waals surface area contributed by atoms with Gasteiger partial charge in [0.1, 0.15) is 5.69 Å². The lowest BCUT2D eigenvalue weighted by Crippen LogP contribution is -2.34. The van der Waals surface area contributed by atoms with Crippen molar-refractivity contribution in [1.82, 2.24) is 0 Å². The zero-order chi connectivity index (χ0) is 27.4. The fraction of sp³-hybridized carbons (Fsp3) is 0.161. The summed E-state index contributed by atoms with van der Waals surface area (Å²) in [4.78, 5) is 24.5. The highest BCUT2D eigenvalue weighted by molar-refractivity contribution is 8.27. The Bertz CT molecular complexity index is 1640. The van der Waals surface area contributed by atoms with Crippen LogP contribution in [0.4, 0.5) is 11.4 Å². The fourth-order valence-corrected chi connectivity index (χ4v) is 9.32. The van der Waals surface area contributed by atoms with E-state index in [0.29, 0.717) is 10.7 Å². The summed E-state index contributed by atoms with van der Waals surface area (Å²) in [5, 5.41) is 18.9. The number of carbonyl (C=O) groups excluding carboxylic acids is 1. The highest BCUT2D eigenvalue weighted by Gasteiger charge is 2.62. The number of nitrogens with zero attached hydrogens (tertiary/aromatic N) is 3. The molecule has 1 spiro atoms. The Kier molecular flexibility index (Phi) is 6.12. The second kappa shape index (κ2) is 9.39. The van der Waals surface area contributed by atoms with Crippen molar-refractivity contribution in [3.63, 3.8) is 0 Å². The third kappa shape index (κ3) is 3.73. The molecule has 0 bridgehead atoms. The zero-order valence-electron chi connectivity index (χ0n) is 21.6. The molecule has 0 aromatic heterocycles. The molecule has 0 aliphatic carbocycles. The van der Waals surface area contributed by atoms with E-state index in [1.54, 1.807) is 35.0 Å². The Hall–Kier alpha value is -3.88.